The summed E-state index contributed by atoms with van der Waals surface area (Å²) in [5.74, 6) is 0.429. The largest absolute Gasteiger partial charge is 0.508 e. The Morgan fingerprint density at radius 2 is 1.50 bits per heavy atom. The summed E-state index contributed by atoms with van der Waals surface area (Å²) in [7, 11) is 0. The van der Waals surface area contributed by atoms with E-state index in [9.17, 15) is 10.2 Å². The van der Waals surface area contributed by atoms with Crippen LogP contribution < -0.4 is 0 Å². The first-order chi connectivity index (χ1) is 7.32. The molecule has 0 fully saturated rings. The SMILES string of the molecule is CC(C)(C)c1cc(O)ccc1O.CCCC. The van der Waals surface area contributed by atoms with E-state index in [-0.39, 0.29) is 16.9 Å². The van der Waals surface area contributed by atoms with E-state index < -0.39 is 0 Å². The van der Waals surface area contributed by atoms with Crippen LogP contribution in [0, 0.1) is 0 Å². The van der Waals surface area contributed by atoms with E-state index in [0.29, 0.717) is 0 Å². The number of benzene rings is 1. The Balaban J connectivity index is 0.000000487. The summed E-state index contributed by atoms with van der Waals surface area (Å²) in [6, 6.07) is 4.58. The minimum Gasteiger partial charge on any atom is -0.508 e. The van der Waals surface area contributed by atoms with Gasteiger partial charge in [-0.05, 0) is 23.6 Å². The van der Waals surface area contributed by atoms with Gasteiger partial charge in [-0.15, -0.1) is 0 Å². The molecular formula is C14H24O2. The molecule has 1 rings (SSSR count). The van der Waals surface area contributed by atoms with E-state index in [1.165, 1.54) is 25.0 Å². The fraction of sp³-hybridized carbons (Fsp3) is 0.571. The smallest absolute Gasteiger partial charge is 0.119 e. The molecule has 0 bridgehead atoms. The molecule has 0 atom stereocenters. The van der Waals surface area contributed by atoms with Gasteiger partial charge >= 0.3 is 0 Å². The molecule has 16 heavy (non-hydrogen) atoms. The molecule has 0 saturated carbocycles. The first kappa shape index (κ1) is 14.8. The molecule has 0 aliphatic heterocycles. The monoisotopic (exact) mass is 224 g/mol. The van der Waals surface area contributed by atoms with Gasteiger partial charge in [0.05, 0.1) is 0 Å². The van der Waals surface area contributed by atoms with Crippen LogP contribution >= 0.6 is 0 Å². The summed E-state index contributed by atoms with van der Waals surface area (Å²) >= 11 is 0. The molecule has 2 heteroatoms. The van der Waals surface area contributed by atoms with Crippen molar-refractivity contribution in [2.24, 2.45) is 0 Å². The number of rotatable bonds is 1. The lowest BCUT2D eigenvalue weighted by atomic mass is 9.86. The molecule has 0 saturated heterocycles. The van der Waals surface area contributed by atoms with Gasteiger partial charge < -0.3 is 10.2 Å². The Labute approximate surface area is 98.9 Å². The molecule has 0 heterocycles. The molecule has 0 amide bonds. The van der Waals surface area contributed by atoms with E-state index >= 15 is 0 Å². The van der Waals surface area contributed by atoms with E-state index in [4.69, 9.17) is 0 Å². The molecule has 2 nitrogen and oxygen atoms in total. The minimum atomic E-state index is -0.136. The highest BCUT2D eigenvalue weighted by molar-refractivity contribution is 5.42. The van der Waals surface area contributed by atoms with Gasteiger partial charge in [-0.3, -0.25) is 0 Å². The Morgan fingerprint density at radius 3 is 1.81 bits per heavy atom. The van der Waals surface area contributed by atoms with Crippen LogP contribution in [0.3, 0.4) is 0 Å². The van der Waals surface area contributed by atoms with Crippen LogP contribution in [0.4, 0.5) is 0 Å². The lowest BCUT2D eigenvalue weighted by Crippen LogP contribution is -2.10. The second-order valence-corrected chi connectivity index (χ2v) is 4.95. The summed E-state index contributed by atoms with van der Waals surface area (Å²) in [4.78, 5) is 0. The Morgan fingerprint density at radius 1 is 1.00 bits per heavy atom. The first-order valence-electron chi connectivity index (χ1n) is 5.85. The Kier molecular flexibility index (Phi) is 5.94. The molecule has 0 radical (unpaired) electrons. The maximum atomic E-state index is 9.46. The number of aromatic hydroxyl groups is 2. The number of hydrogen-bond donors (Lipinski definition) is 2. The van der Waals surface area contributed by atoms with Crippen molar-refractivity contribution in [3.05, 3.63) is 23.8 Å². The second-order valence-electron chi connectivity index (χ2n) is 4.95. The summed E-state index contributed by atoms with van der Waals surface area (Å²) in [6.45, 7) is 10.3. The molecule has 1 aromatic carbocycles. The second kappa shape index (κ2) is 6.41. The third-order valence-electron chi connectivity index (χ3n) is 2.29. The van der Waals surface area contributed by atoms with Gasteiger partial charge in [0.15, 0.2) is 0 Å². The summed E-state index contributed by atoms with van der Waals surface area (Å²) < 4.78 is 0. The molecule has 0 aromatic heterocycles. The maximum Gasteiger partial charge on any atom is 0.119 e. The molecular weight excluding hydrogens is 200 g/mol. The van der Waals surface area contributed by atoms with Gasteiger partial charge in [-0.2, -0.15) is 0 Å². The predicted molar refractivity (Wildman–Crippen MR) is 69.1 cm³/mol. The normalized spacial score (nSPS) is 10.6. The van der Waals surface area contributed by atoms with Gasteiger partial charge in [0.1, 0.15) is 11.5 Å². The Bertz CT molecular complexity index is 309. The molecule has 0 spiro atoms. The number of phenolic OH excluding ortho intramolecular Hbond substituents is 2. The van der Waals surface area contributed by atoms with Crippen LogP contribution in [0.15, 0.2) is 18.2 Å². The van der Waals surface area contributed by atoms with E-state index in [2.05, 4.69) is 13.8 Å². The fourth-order valence-corrected chi connectivity index (χ4v) is 1.12. The van der Waals surface area contributed by atoms with Gasteiger partial charge in [0.2, 0.25) is 0 Å². The molecule has 92 valence electrons. The molecule has 0 aliphatic carbocycles. The maximum absolute atomic E-state index is 9.46. The van der Waals surface area contributed by atoms with E-state index in [0.717, 1.165) is 5.56 Å². The van der Waals surface area contributed by atoms with Gasteiger partial charge in [-0.25, -0.2) is 0 Å². The van der Waals surface area contributed by atoms with Gasteiger partial charge in [-0.1, -0.05) is 47.5 Å². The van der Waals surface area contributed by atoms with Crippen LogP contribution in [0.25, 0.3) is 0 Å². The van der Waals surface area contributed by atoms with Crippen molar-refractivity contribution >= 4 is 0 Å². The molecule has 0 aliphatic rings. The van der Waals surface area contributed by atoms with Crippen LogP contribution in [-0.2, 0) is 5.41 Å². The fourth-order valence-electron chi connectivity index (χ4n) is 1.12. The lowest BCUT2D eigenvalue weighted by Gasteiger charge is -2.20. The van der Waals surface area contributed by atoms with Crippen molar-refractivity contribution in [1.29, 1.82) is 0 Å². The van der Waals surface area contributed by atoms with Gasteiger partial charge in [0.25, 0.3) is 0 Å². The summed E-state index contributed by atoms with van der Waals surface area (Å²) in [5.41, 5.74) is 0.630. The van der Waals surface area contributed by atoms with Crippen LogP contribution in [-0.4, -0.2) is 10.2 Å². The average Bonchev–Trinajstić information content (AvgIpc) is 2.20. The zero-order valence-corrected chi connectivity index (χ0v) is 11.0. The Hall–Kier alpha value is -1.18. The zero-order valence-electron chi connectivity index (χ0n) is 11.0. The standard InChI is InChI=1S/C10H14O2.C4H10/c1-10(2,3)8-6-7(11)4-5-9(8)12;1-3-4-2/h4-6,11-12H,1-3H3;3-4H2,1-2H3. The minimum absolute atomic E-state index is 0.136. The topological polar surface area (TPSA) is 40.5 Å². The average molecular weight is 224 g/mol. The van der Waals surface area contributed by atoms with Crippen molar-refractivity contribution in [2.75, 3.05) is 0 Å². The van der Waals surface area contributed by atoms with Crippen molar-refractivity contribution in [1.82, 2.24) is 0 Å². The van der Waals surface area contributed by atoms with Gasteiger partial charge in [0, 0.05) is 5.56 Å². The number of phenols is 2. The third kappa shape index (κ3) is 5.06. The van der Waals surface area contributed by atoms with Crippen molar-refractivity contribution in [3.8, 4) is 11.5 Å². The predicted octanol–water partition coefficient (Wildman–Crippen LogP) is 4.20. The van der Waals surface area contributed by atoms with Crippen molar-refractivity contribution < 1.29 is 10.2 Å². The third-order valence-corrected chi connectivity index (χ3v) is 2.29. The summed E-state index contributed by atoms with van der Waals surface area (Å²) in [6.07, 6.45) is 2.64. The number of unbranched alkanes of at least 4 members (excludes halogenated alkanes) is 1. The molecule has 1 aromatic rings. The van der Waals surface area contributed by atoms with Crippen LogP contribution in [0.2, 0.25) is 0 Å². The number of hydrogen-bond acceptors (Lipinski definition) is 2. The van der Waals surface area contributed by atoms with Crippen molar-refractivity contribution in [2.45, 2.75) is 52.9 Å². The summed E-state index contributed by atoms with van der Waals surface area (Å²) in [5, 5.41) is 18.6. The lowest BCUT2D eigenvalue weighted by molar-refractivity contribution is 0.435. The first-order valence-corrected chi connectivity index (χ1v) is 5.85. The van der Waals surface area contributed by atoms with Crippen molar-refractivity contribution in [3.63, 3.8) is 0 Å². The molecule has 2 N–H and O–H groups in total. The van der Waals surface area contributed by atoms with Crippen LogP contribution in [0.5, 0.6) is 11.5 Å². The highest BCUT2D eigenvalue weighted by Gasteiger charge is 2.17. The zero-order chi connectivity index (χ0) is 12.8. The van der Waals surface area contributed by atoms with E-state index in [1.54, 1.807) is 6.07 Å². The highest BCUT2D eigenvalue weighted by atomic mass is 16.3. The van der Waals surface area contributed by atoms with Crippen LogP contribution in [0.1, 0.15) is 53.0 Å². The quantitative estimate of drug-likeness (QED) is 0.702. The highest BCUT2D eigenvalue weighted by Crippen LogP contribution is 2.32. The van der Waals surface area contributed by atoms with E-state index in [1.807, 2.05) is 20.8 Å². The molecule has 0 unspecified atom stereocenters.